The predicted molar refractivity (Wildman–Crippen MR) is 178 cm³/mol. The van der Waals surface area contributed by atoms with Crippen LogP contribution < -0.4 is 11.1 Å². The summed E-state index contributed by atoms with van der Waals surface area (Å²) in [7, 11) is 0. The number of benzene rings is 2. The summed E-state index contributed by atoms with van der Waals surface area (Å²) in [6.45, 7) is 11.1. The highest BCUT2D eigenvalue weighted by Gasteiger charge is 2.25. The molecule has 5 N–H and O–H groups in total. The lowest BCUT2D eigenvalue weighted by molar-refractivity contribution is 0.0733. The molecular weight excluding hydrogens is 558 g/mol. The number of aromatic amines is 1. The number of aromatic nitrogens is 1. The van der Waals surface area contributed by atoms with Crippen LogP contribution in [0.5, 0.6) is 5.75 Å². The number of aromatic hydroxyl groups is 1. The SMILES string of the molecule is CC.CC(/N=C(\N)c1cccs1)NC(=O)c1cc2c(cc1O)CN(C(=O)c1ccc3cc[nH]c3c1)CC2.CCCCCC. The van der Waals surface area contributed by atoms with Crippen LogP contribution in [0.1, 0.15) is 97.0 Å². The highest BCUT2D eigenvalue weighted by Crippen LogP contribution is 2.28. The summed E-state index contributed by atoms with van der Waals surface area (Å²) in [6.07, 6.45) is 7.41. The van der Waals surface area contributed by atoms with Crippen molar-refractivity contribution in [2.75, 3.05) is 6.54 Å². The maximum atomic E-state index is 13.1. The van der Waals surface area contributed by atoms with Crippen molar-refractivity contribution in [2.45, 2.75) is 79.4 Å². The summed E-state index contributed by atoms with van der Waals surface area (Å²) in [6, 6.07) is 14.6. The van der Waals surface area contributed by atoms with Gasteiger partial charge in [-0.3, -0.25) is 9.59 Å². The second kappa shape index (κ2) is 16.5. The van der Waals surface area contributed by atoms with Gasteiger partial charge in [-0.2, -0.15) is 0 Å². The number of phenols is 1. The van der Waals surface area contributed by atoms with Crippen LogP contribution in [-0.2, 0) is 13.0 Å². The third-order valence-electron chi connectivity index (χ3n) is 7.07. The molecule has 0 saturated heterocycles. The van der Waals surface area contributed by atoms with Crippen molar-refractivity contribution in [2.24, 2.45) is 10.7 Å². The Balaban J connectivity index is 0.000000566. The molecule has 0 radical (unpaired) electrons. The summed E-state index contributed by atoms with van der Waals surface area (Å²) in [4.78, 5) is 36.0. The number of fused-ring (bicyclic) bond motifs is 2. The molecule has 2 aromatic heterocycles. The second-order valence-corrected chi connectivity index (χ2v) is 11.2. The number of nitrogens with two attached hydrogens (primary N) is 1. The van der Waals surface area contributed by atoms with Gasteiger partial charge in [0, 0.05) is 30.4 Å². The van der Waals surface area contributed by atoms with Crippen molar-refractivity contribution < 1.29 is 14.7 Å². The number of amides is 2. The number of hydrogen-bond acceptors (Lipinski definition) is 5. The van der Waals surface area contributed by atoms with Crippen molar-refractivity contribution in [1.82, 2.24) is 15.2 Å². The number of phenolic OH excluding ortho intramolecular Hbond substituents is 1. The van der Waals surface area contributed by atoms with E-state index in [1.807, 2.05) is 61.8 Å². The average Bonchev–Trinajstić information content (AvgIpc) is 3.73. The van der Waals surface area contributed by atoms with Crippen molar-refractivity contribution in [3.05, 3.63) is 87.2 Å². The maximum absolute atomic E-state index is 13.1. The van der Waals surface area contributed by atoms with E-state index in [-0.39, 0.29) is 17.2 Å². The van der Waals surface area contributed by atoms with Crippen LogP contribution in [0.3, 0.4) is 0 Å². The minimum atomic E-state index is -0.565. The van der Waals surface area contributed by atoms with Gasteiger partial charge in [0.1, 0.15) is 17.8 Å². The Kier molecular flexibility index (Phi) is 12.8. The lowest BCUT2D eigenvalue weighted by atomic mass is 9.95. The van der Waals surface area contributed by atoms with Crippen LogP contribution in [-0.4, -0.2) is 45.4 Å². The van der Waals surface area contributed by atoms with E-state index in [1.54, 1.807) is 24.0 Å². The van der Waals surface area contributed by atoms with Crippen LogP contribution in [0.2, 0.25) is 0 Å². The summed E-state index contributed by atoms with van der Waals surface area (Å²) < 4.78 is 0. The van der Waals surface area contributed by atoms with E-state index in [9.17, 15) is 14.7 Å². The number of nitrogens with zero attached hydrogens (tertiary/aromatic N) is 2. The Morgan fingerprint density at radius 2 is 1.84 bits per heavy atom. The lowest BCUT2D eigenvalue weighted by Gasteiger charge is -2.29. The zero-order valence-electron chi connectivity index (χ0n) is 25.9. The first-order chi connectivity index (χ1) is 20.8. The molecule has 4 aromatic rings. The van der Waals surface area contributed by atoms with Gasteiger partial charge in [-0.15, -0.1) is 11.3 Å². The number of amidine groups is 1. The monoisotopic (exact) mass is 603 g/mol. The number of nitrogens with one attached hydrogen (secondary N) is 2. The number of unbranched alkanes of at least 4 members (excludes halogenated alkanes) is 3. The highest BCUT2D eigenvalue weighted by atomic mass is 32.1. The molecular formula is C34H45N5O3S. The van der Waals surface area contributed by atoms with Gasteiger partial charge in [-0.25, -0.2) is 4.99 Å². The minimum Gasteiger partial charge on any atom is -0.507 e. The number of thiophene rings is 1. The predicted octanol–water partition coefficient (Wildman–Crippen LogP) is 7.23. The van der Waals surface area contributed by atoms with Crippen LogP contribution in [0.15, 0.2) is 65.1 Å². The van der Waals surface area contributed by atoms with Gasteiger partial charge < -0.3 is 26.0 Å². The molecule has 1 aliphatic rings. The molecule has 0 bridgehead atoms. The van der Waals surface area contributed by atoms with Crippen LogP contribution >= 0.6 is 11.3 Å². The molecule has 8 nitrogen and oxygen atoms in total. The van der Waals surface area contributed by atoms with Gasteiger partial charge in [0.15, 0.2) is 0 Å². The summed E-state index contributed by atoms with van der Waals surface area (Å²) in [5.41, 5.74) is 9.47. The zero-order valence-corrected chi connectivity index (χ0v) is 26.8. The number of rotatable bonds is 8. The first kappa shape index (κ1) is 33.4. The molecule has 0 fully saturated rings. The summed E-state index contributed by atoms with van der Waals surface area (Å²) >= 11 is 1.47. The highest BCUT2D eigenvalue weighted by molar-refractivity contribution is 7.12. The molecule has 43 heavy (non-hydrogen) atoms. The molecule has 3 heterocycles. The van der Waals surface area contributed by atoms with Gasteiger partial charge in [0.2, 0.25) is 0 Å². The smallest absolute Gasteiger partial charge is 0.256 e. The van der Waals surface area contributed by atoms with E-state index >= 15 is 0 Å². The zero-order chi connectivity index (χ0) is 31.4. The Hall–Kier alpha value is -4.11. The Labute approximate surface area is 259 Å². The fourth-order valence-electron chi connectivity index (χ4n) is 4.81. The molecule has 2 amide bonds. The molecule has 2 aromatic carbocycles. The number of aliphatic imine (C=N–C) groups is 1. The third kappa shape index (κ3) is 8.94. The Morgan fingerprint density at radius 3 is 2.51 bits per heavy atom. The first-order valence-electron chi connectivity index (χ1n) is 15.2. The van der Waals surface area contributed by atoms with Crippen molar-refractivity contribution in [3.8, 4) is 5.75 Å². The average molecular weight is 604 g/mol. The number of hydrogen-bond donors (Lipinski definition) is 4. The summed E-state index contributed by atoms with van der Waals surface area (Å²) in [5, 5.41) is 16.3. The van der Waals surface area contributed by atoms with Crippen molar-refractivity contribution in [1.29, 1.82) is 0 Å². The van der Waals surface area contributed by atoms with Crippen LogP contribution in [0.25, 0.3) is 10.9 Å². The first-order valence-corrected chi connectivity index (χ1v) is 16.1. The van der Waals surface area contributed by atoms with Crippen LogP contribution in [0.4, 0.5) is 0 Å². The van der Waals surface area contributed by atoms with E-state index in [1.165, 1.54) is 37.0 Å². The van der Waals surface area contributed by atoms with E-state index in [2.05, 4.69) is 29.1 Å². The molecule has 0 spiro atoms. The maximum Gasteiger partial charge on any atom is 0.256 e. The van der Waals surface area contributed by atoms with Crippen molar-refractivity contribution in [3.63, 3.8) is 0 Å². The molecule has 9 heteroatoms. The minimum absolute atomic E-state index is 0.0662. The van der Waals surface area contributed by atoms with Gasteiger partial charge >= 0.3 is 0 Å². The topological polar surface area (TPSA) is 124 Å². The quantitative estimate of drug-likeness (QED) is 0.0964. The van der Waals surface area contributed by atoms with E-state index < -0.39 is 12.1 Å². The molecule has 230 valence electrons. The largest absolute Gasteiger partial charge is 0.507 e. The third-order valence-corrected chi connectivity index (χ3v) is 7.96. The number of carbonyl (C=O) groups excluding carboxylic acids is 2. The molecule has 1 unspecified atom stereocenters. The Bertz CT molecular complexity index is 1510. The standard InChI is InChI=1S/C26H25N5O3S.C6H14.C2H6/c1-15(29-24(27)23-3-2-10-35-23)30-25(33)20-11-17-7-9-31(14-19(17)13-22(20)32)26(34)18-5-4-16-6-8-28-21(16)12-18;1-3-5-6-4-2;1-2/h2-6,8,10-13,15,28,32H,7,9,14H2,1H3,(H2,27,29)(H,30,33);3-6H2,1-2H3;1-2H3. The Morgan fingerprint density at radius 1 is 1.09 bits per heavy atom. The van der Waals surface area contributed by atoms with Crippen molar-refractivity contribution >= 4 is 39.9 Å². The van der Waals surface area contributed by atoms with E-state index in [4.69, 9.17) is 5.73 Å². The summed E-state index contributed by atoms with van der Waals surface area (Å²) in [5.74, 6) is -0.282. The lowest BCUT2D eigenvalue weighted by Crippen LogP contribution is -2.36. The van der Waals surface area contributed by atoms with Crippen LogP contribution in [0, 0.1) is 0 Å². The molecule has 1 atom stereocenters. The molecule has 5 rings (SSSR count). The second-order valence-electron chi connectivity index (χ2n) is 10.2. The van der Waals surface area contributed by atoms with Gasteiger partial charge in [-0.05, 0) is 71.6 Å². The van der Waals surface area contributed by atoms with E-state index in [0.29, 0.717) is 30.9 Å². The fraction of sp³-hybridized carbons (Fsp3) is 0.382. The van der Waals surface area contributed by atoms with Gasteiger partial charge in [0.05, 0.1) is 10.4 Å². The molecule has 0 aliphatic carbocycles. The van der Waals surface area contributed by atoms with E-state index in [0.717, 1.165) is 26.9 Å². The normalized spacial score (nSPS) is 13.2. The van der Waals surface area contributed by atoms with Gasteiger partial charge in [-0.1, -0.05) is 65.5 Å². The molecule has 0 saturated carbocycles. The number of carbonyl (C=O) groups is 2. The molecule has 1 aliphatic heterocycles. The fourth-order valence-corrected chi connectivity index (χ4v) is 5.45. The van der Waals surface area contributed by atoms with Gasteiger partial charge in [0.25, 0.3) is 11.8 Å². The number of H-pyrrole nitrogens is 1.